The molecule has 3 N–H and O–H groups in total. The molecule has 3 amide bonds. The second kappa shape index (κ2) is 16.4. The van der Waals surface area contributed by atoms with Crippen LogP contribution in [0.1, 0.15) is 49.1 Å². The normalized spacial score (nSPS) is 14.3. The summed E-state index contributed by atoms with van der Waals surface area (Å²) in [4.78, 5) is 37.3. The van der Waals surface area contributed by atoms with Gasteiger partial charge < -0.3 is 34.3 Å². The van der Waals surface area contributed by atoms with Crippen molar-refractivity contribution in [1.29, 1.82) is 0 Å². The van der Waals surface area contributed by atoms with Crippen LogP contribution in [0, 0.1) is 6.92 Å². The van der Waals surface area contributed by atoms with Crippen LogP contribution < -0.4 is 35.0 Å². The Bertz CT molecular complexity index is 1670. The van der Waals surface area contributed by atoms with Crippen LogP contribution in [0.4, 0.5) is 4.79 Å². The molecule has 3 aromatic rings. The maximum atomic E-state index is 12.6. The second-order valence-electron chi connectivity index (χ2n) is 10.3. The smallest absolute Gasteiger partial charge is 0.338 e. The highest BCUT2D eigenvalue weighted by molar-refractivity contribution is 6.32. The molecule has 0 saturated heterocycles. The number of amides is 3. The Labute approximate surface area is 278 Å². The van der Waals surface area contributed by atoms with E-state index in [1.165, 1.54) is 13.3 Å². The van der Waals surface area contributed by atoms with E-state index in [0.717, 1.165) is 11.1 Å². The molecule has 4 rings (SSSR count). The fourth-order valence-corrected chi connectivity index (χ4v) is 4.94. The third kappa shape index (κ3) is 9.17. The third-order valence-corrected chi connectivity index (χ3v) is 7.16. The minimum Gasteiger partial charge on any atom is -0.493 e. The highest BCUT2D eigenvalue weighted by atomic mass is 35.5. The van der Waals surface area contributed by atoms with Crippen molar-refractivity contribution in [3.63, 3.8) is 0 Å². The van der Waals surface area contributed by atoms with Gasteiger partial charge in [0.15, 0.2) is 29.6 Å². The molecular weight excluding hydrogens is 628 g/mol. The summed E-state index contributed by atoms with van der Waals surface area (Å²) in [6.07, 6.45) is 1.43. The monoisotopic (exact) mass is 664 g/mol. The molecule has 13 heteroatoms. The Balaban J connectivity index is 1.38. The van der Waals surface area contributed by atoms with E-state index in [1.807, 2.05) is 38.1 Å². The Morgan fingerprint density at radius 2 is 1.72 bits per heavy atom. The fraction of sp³-hybridized carbons (Fsp3) is 0.294. The Morgan fingerprint density at radius 1 is 0.957 bits per heavy atom. The zero-order valence-corrected chi connectivity index (χ0v) is 27.5. The molecule has 0 saturated carbocycles. The van der Waals surface area contributed by atoms with Gasteiger partial charge in [-0.2, -0.15) is 5.10 Å². The van der Waals surface area contributed by atoms with E-state index < -0.39 is 23.9 Å². The Morgan fingerprint density at radius 3 is 2.43 bits per heavy atom. The van der Waals surface area contributed by atoms with E-state index in [2.05, 4.69) is 21.2 Å². The minimum atomic E-state index is -0.783. The molecule has 0 radical (unpaired) electrons. The van der Waals surface area contributed by atoms with Gasteiger partial charge in [-0.3, -0.25) is 4.79 Å². The van der Waals surface area contributed by atoms with Crippen molar-refractivity contribution in [1.82, 2.24) is 16.1 Å². The van der Waals surface area contributed by atoms with Crippen molar-refractivity contribution in [3.05, 3.63) is 93.1 Å². The number of nitrogens with zero attached hydrogens (tertiary/aromatic N) is 1. The summed E-state index contributed by atoms with van der Waals surface area (Å²) in [5.41, 5.74) is 6.34. The van der Waals surface area contributed by atoms with Crippen LogP contribution in [0.15, 0.2) is 71.0 Å². The van der Waals surface area contributed by atoms with Crippen LogP contribution in [0.25, 0.3) is 0 Å². The molecule has 0 unspecified atom stereocenters. The molecule has 0 aromatic heterocycles. The lowest BCUT2D eigenvalue weighted by molar-refractivity contribution is -0.139. The lowest BCUT2D eigenvalue weighted by Gasteiger charge is -2.28. The summed E-state index contributed by atoms with van der Waals surface area (Å²) >= 11 is 6.53. The first-order chi connectivity index (χ1) is 22.6. The Hall–Kier alpha value is -5.23. The Kier molecular flexibility index (Phi) is 12.1. The number of benzene rings is 3. The molecule has 248 valence electrons. The van der Waals surface area contributed by atoms with Crippen molar-refractivity contribution >= 4 is 35.7 Å². The van der Waals surface area contributed by atoms with Gasteiger partial charge in [-0.1, -0.05) is 47.5 Å². The van der Waals surface area contributed by atoms with E-state index in [4.69, 9.17) is 35.3 Å². The predicted molar refractivity (Wildman–Crippen MR) is 176 cm³/mol. The first-order valence-electron chi connectivity index (χ1n) is 14.9. The fourth-order valence-electron chi connectivity index (χ4n) is 4.67. The average Bonchev–Trinajstić information content (AvgIpc) is 3.04. The van der Waals surface area contributed by atoms with Crippen LogP contribution in [0.5, 0.6) is 23.0 Å². The first-order valence-corrected chi connectivity index (χ1v) is 15.2. The summed E-state index contributed by atoms with van der Waals surface area (Å²) in [6, 6.07) is 15.0. The van der Waals surface area contributed by atoms with Gasteiger partial charge in [0, 0.05) is 5.70 Å². The molecule has 12 nitrogen and oxygen atoms in total. The SMILES string of the molecule is CCOC(=O)C1=C(C)NC(=O)N[C@@H]1c1ccc(OCC(=O)N/N=C\c2cc(Cl)c(OCc3ccc(C)cc3)c(OCC)c2)c(OC)c1. The number of urea groups is 1. The van der Waals surface area contributed by atoms with Gasteiger partial charge in [0.1, 0.15) is 6.61 Å². The number of esters is 1. The minimum absolute atomic E-state index is 0.177. The standard InChI is InChI=1S/C34H37ClN4O8/c1-6-44-28-15-23(14-25(35)32(28)47-18-22-10-8-20(3)9-11-22)17-36-39-29(40)19-46-26-13-12-24(16-27(26)43-5)31-30(33(41)45-7-2)21(4)37-34(42)38-31/h8-17,31H,6-7,18-19H2,1-5H3,(H,39,40)(H2,37,38,42)/b36-17-/t31-/m1/s1. The zero-order chi connectivity index (χ0) is 33.9. The summed E-state index contributed by atoms with van der Waals surface area (Å²) in [5.74, 6) is 0.323. The largest absolute Gasteiger partial charge is 0.493 e. The van der Waals surface area contributed by atoms with Gasteiger partial charge in [0.2, 0.25) is 0 Å². The molecule has 1 heterocycles. The number of allylic oxidation sites excluding steroid dienone is 1. The van der Waals surface area contributed by atoms with Crippen LogP contribution in [0.2, 0.25) is 5.02 Å². The van der Waals surface area contributed by atoms with E-state index in [0.29, 0.717) is 46.6 Å². The molecule has 47 heavy (non-hydrogen) atoms. The molecule has 0 bridgehead atoms. The van der Waals surface area contributed by atoms with Crippen LogP contribution in [-0.2, 0) is 20.9 Å². The van der Waals surface area contributed by atoms with E-state index >= 15 is 0 Å². The summed E-state index contributed by atoms with van der Waals surface area (Å²) < 4.78 is 28.0. The van der Waals surface area contributed by atoms with Gasteiger partial charge in [0.25, 0.3) is 5.91 Å². The lowest BCUT2D eigenvalue weighted by atomic mass is 9.95. The second-order valence-corrected chi connectivity index (χ2v) is 10.7. The molecule has 1 aliphatic rings. The average molecular weight is 665 g/mol. The molecule has 1 atom stereocenters. The predicted octanol–water partition coefficient (Wildman–Crippen LogP) is 5.35. The quantitative estimate of drug-likeness (QED) is 0.119. The number of methoxy groups -OCH3 is 1. The van der Waals surface area contributed by atoms with Crippen molar-refractivity contribution < 1.29 is 38.1 Å². The number of hydrogen-bond acceptors (Lipinski definition) is 9. The van der Waals surface area contributed by atoms with Crippen LogP contribution in [0.3, 0.4) is 0 Å². The van der Waals surface area contributed by atoms with E-state index in [1.54, 1.807) is 44.2 Å². The highest BCUT2D eigenvalue weighted by Gasteiger charge is 2.32. The highest BCUT2D eigenvalue weighted by Crippen LogP contribution is 2.37. The lowest BCUT2D eigenvalue weighted by Crippen LogP contribution is -2.45. The van der Waals surface area contributed by atoms with Gasteiger partial charge in [-0.25, -0.2) is 15.0 Å². The summed E-state index contributed by atoms with van der Waals surface area (Å²) in [5, 5.41) is 9.67. The zero-order valence-electron chi connectivity index (χ0n) is 26.8. The first kappa shape index (κ1) is 34.6. The van der Waals surface area contributed by atoms with Crippen LogP contribution in [-0.4, -0.2) is 51.1 Å². The number of carbonyl (C=O) groups is 3. The summed E-state index contributed by atoms with van der Waals surface area (Å²) in [7, 11) is 1.44. The number of rotatable bonds is 14. The number of nitrogens with one attached hydrogen (secondary N) is 3. The number of hydrazone groups is 1. The van der Waals surface area contributed by atoms with Gasteiger partial charge in [-0.05, 0) is 68.7 Å². The number of halogens is 1. The maximum absolute atomic E-state index is 12.6. The molecule has 3 aromatic carbocycles. The van der Waals surface area contributed by atoms with Gasteiger partial charge in [0.05, 0.1) is 43.2 Å². The number of hydrogen-bond donors (Lipinski definition) is 3. The summed E-state index contributed by atoms with van der Waals surface area (Å²) in [6.45, 7) is 7.70. The van der Waals surface area contributed by atoms with Gasteiger partial charge in [-0.15, -0.1) is 0 Å². The van der Waals surface area contributed by atoms with Crippen LogP contribution >= 0.6 is 11.6 Å². The number of aryl methyl sites for hydroxylation is 1. The van der Waals surface area contributed by atoms with Gasteiger partial charge >= 0.3 is 12.0 Å². The maximum Gasteiger partial charge on any atom is 0.338 e. The van der Waals surface area contributed by atoms with E-state index in [9.17, 15) is 14.4 Å². The third-order valence-electron chi connectivity index (χ3n) is 6.88. The van der Waals surface area contributed by atoms with Crippen molar-refractivity contribution in [2.24, 2.45) is 5.10 Å². The molecule has 0 spiro atoms. The van der Waals surface area contributed by atoms with Crippen molar-refractivity contribution in [2.45, 2.75) is 40.3 Å². The molecular formula is C34H37ClN4O8. The van der Waals surface area contributed by atoms with Crippen molar-refractivity contribution in [3.8, 4) is 23.0 Å². The van der Waals surface area contributed by atoms with Crippen molar-refractivity contribution in [2.75, 3.05) is 26.9 Å². The number of ether oxygens (including phenoxy) is 5. The van der Waals surface area contributed by atoms with E-state index in [-0.39, 0.29) is 30.3 Å². The molecule has 0 fully saturated rings. The number of carbonyl (C=O) groups excluding carboxylic acids is 3. The molecule has 0 aliphatic carbocycles. The molecule has 1 aliphatic heterocycles. The topological polar surface area (TPSA) is 146 Å².